The monoisotopic (exact) mass is 443 g/mol. The first kappa shape index (κ1) is 23.2. The van der Waals surface area contributed by atoms with Crippen LogP contribution in [0.15, 0.2) is 54.0 Å². The number of rotatable bonds is 6. The second kappa shape index (κ2) is 9.34. The number of nitrogens with one attached hydrogen (secondary N) is 1. The van der Waals surface area contributed by atoms with Crippen molar-refractivity contribution in [2.45, 2.75) is 45.5 Å². The first-order chi connectivity index (χ1) is 14.6. The standard InChI is InChI=1S/C23H27BClNO5/c1-22(2)23(3,4)31-24(30-22)18(13-17-11-8-12-19(27)20(17)25)14-26-21(28)29-15-16-9-6-5-7-10-16/h5-13,27H,14-15H2,1-4H3,(H,26,28). The van der Waals surface area contributed by atoms with Gasteiger partial charge in [-0.05, 0) is 50.4 Å². The van der Waals surface area contributed by atoms with Gasteiger partial charge in [-0.2, -0.15) is 0 Å². The average molecular weight is 444 g/mol. The zero-order valence-electron chi connectivity index (χ0n) is 18.1. The molecule has 0 atom stereocenters. The molecule has 0 radical (unpaired) electrons. The van der Waals surface area contributed by atoms with Crippen molar-refractivity contribution in [1.29, 1.82) is 0 Å². The lowest BCUT2D eigenvalue weighted by molar-refractivity contribution is 0.00578. The number of carbonyl (C=O) groups excluding carboxylic acids is 1. The van der Waals surface area contributed by atoms with E-state index in [0.29, 0.717) is 11.0 Å². The third-order valence-electron chi connectivity index (χ3n) is 5.55. The van der Waals surface area contributed by atoms with Gasteiger partial charge < -0.3 is 24.5 Å². The van der Waals surface area contributed by atoms with Gasteiger partial charge >= 0.3 is 13.2 Å². The number of ether oxygens (including phenoxy) is 1. The molecular formula is C23H27BClNO5. The van der Waals surface area contributed by atoms with E-state index in [-0.39, 0.29) is 23.9 Å². The Morgan fingerprint density at radius 1 is 1.10 bits per heavy atom. The zero-order valence-corrected chi connectivity index (χ0v) is 18.9. The molecule has 1 saturated heterocycles. The van der Waals surface area contributed by atoms with Gasteiger partial charge in [0.05, 0.1) is 16.2 Å². The number of hydrogen-bond donors (Lipinski definition) is 2. The van der Waals surface area contributed by atoms with Crippen molar-refractivity contribution in [2.24, 2.45) is 0 Å². The van der Waals surface area contributed by atoms with Crippen LogP contribution in [-0.4, -0.2) is 36.1 Å². The maximum Gasteiger partial charge on any atom is 0.492 e. The van der Waals surface area contributed by atoms with Gasteiger partial charge in [0.2, 0.25) is 0 Å². The molecule has 31 heavy (non-hydrogen) atoms. The minimum Gasteiger partial charge on any atom is -0.506 e. The van der Waals surface area contributed by atoms with Gasteiger partial charge in [0, 0.05) is 6.54 Å². The third-order valence-corrected chi connectivity index (χ3v) is 5.97. The van der Waals surface area contributed by atoms with Crippen molar-refractivity contribution in [3.8, 4) is 5.75 Å². The highest BCUT2D eigenvalue weighted by Crippen LogP contribution is 2.39. The fourth-order valence-corrected chi connectivity index (χ4v) is 3.17. The fraction of sp³-hybridized carbons (Fsp3) is 0.348. The predicted octanol–water partition coefficient (Wildman–Crippen LogP) is 4.99. The SMILES string of the molecule is CC1(C)OB(C(=Cc2cccc(O)c2Cl)CNC(=O)OCc2ccccc2)OC1(C)C. The fourth-order valence-electron chi connectivity index (χ4n) is 2.99. The topological polar surface area (TPSA) is 77.0 Å². The molecule has 1 aliphatic rings. The van der Waals surface area contributed by atoms with E-state index in [2.05, 4.69) is 5.32 Å². The van der Waals surface area contributed by atoms with E-state index in [4.69, 9.17) is 25.6 Å². The minimum atomic E-state index is -0.696. The maximum atomic E-state index is 12.3. The second-order valence-corrected chi connectivity index (χ2v) is 8.78. The lowest BCUT2D eigenvalue weighted by Crippen LogP contribution is -2.41. The van der Waals surface area contributed by atoms with Crippen LogP contribution in [-0.2, 0) is 20.7 Å². The molecule has 0 unspecified atom stereocenters. The van der Waals surface area contributed by atoms with Crippen LogP contribution in [0.5, 0.6) is 5.75 Å². The Kier molecular flexibility index (Phi) is 6.99. The van der Waals surface area contributed by atoms with E-state index in [0.717, 1.165) is 5.56 Å². The molecule has 2 aromatic rings. The molecule has 1 amide bonds. The molecule has 1 fully saturated rings. The van der Waals surface area contributed by atoms with E-state index in [1.807, 2.05) is 58.0 Å². The van der Waals surface area contributed by atoms with E-state index in [9.17, 15) is 9.90 Å². The Morgan fingerprint density at radius 2 is 1.74 bits per heavy atom. The van der Waals surface area contributed by atoms with Crippen LogP contribution in [0.2, 0.25) is 5.02 Å². The normalized spacial score (nSPS) is 17.5. The first-order valence-electron chi connectivity index (χ1n) is 10.1. The number of phenolic OH excluding ortho intramolecular Hbond substituents is 1. The Balaban J connectivity index is 1.75. The predicted molar refractivity (Wildman–Crippen MR) is 122 cm³/mol. The van der Waals surface area contributed by atoms with E-state index < -0.39 is 24.4 Å². The van der Waals surface area contributed by atoms with Gasteiger partial charge in [-0.3, -0.25) is 0 Å². The number of phenols is 1. The molecular weight excluding hydrogens is 417 g/mol. The molecule has 8 heteroatoms. The Morgan fingerprint density at radius 3 is 2.39 bits per heavy atom. The van der Waals surface area contributed by atoms with E-state index in [1.54, 1.807) is 18.2 Å². The molecule has 1 heterocycles. The van der Waals surface area contributed by atoms with Gasteiger partial charge in [0.15, 0.2) is 0 Å². The quantitative estimate of drug-likeness (QED) is 0.615. The van der Waals surface area contributed by atoms with E-state index in [1.165, 1.54) is 6.07 Å². The zero-order chi connectivity index (χ0) is 22.6. The smallest absolute Gasteiger partial charge is 0.492 e. The van der Waals surface area contributed by atoms with Gasteiger partial charge in [-0.25, -0.2) is 4.79 Å². The lowest BCUT2D eigenvalue weighted by atomic mass is 9.77. The average Bonchev–Trinajstić information content (AvgIpc) is 2.94. The number of benzene rings is 2. The van der Waals surface area contributed by atoms with Crippen molar-refractivity contribution in [2.75, 3.05) is 6.54 Å². The summed E-state index contributed by atoms with van der Waals surface area (Å²) in [5.41, 5.74) is 1.03. The lowest BCUT2D eigenvalue weighted by Gasteiger charge is -2.32. The second-order valence-electron chi connectivity index (χ2n) is 8.40. The van der Waals surface area contributed by atoms with Crippen LogP contribution < -0.4 is 5.32 Å². The highest BCUT2D eigenvalue weighted by Gasteiger charge is 2.52. The molecule has 3 rings (SSSR count). The Labute approximate surface area is 188 Å². The molecule has 2 aromatic carbocycles. The molecule has 0 bridgehead atoms. The van der Waals surface area contributed by atoms with Crippen molar-refractivity contribution in [3.63, 3.8) is 0 Å². The molecule has 1 aliphatic heterocycles. The highest BCUT2D eigenvalue weighted by atomic mass is 35.5. The largest absolute Gasteiger partial charge is 0.506 e. The third kappa shape index (κ3) is 5.61. The van der Waals surface area contributed by atoms with Crippen LogP contribution >= 0.6 is 11.6 Å². The maximum absolute atomic E-state index is 12.3. The van der Waals surface area contributed by atoms with Crippen LogP contribution in [0.25, 0.3) is 6.08 Å². The molecule has 0 saturated carbocycles. The molecule has 0 aromatic heterocycles. The number of amides is 1. The van der Waals surface area contributed by atoms with Crippen LogP contribution in [0.1, 0.15) is 38.8 Å². The van der Waals surface area contributed by atoms with Crippen molar-refractivity contribution < 1.29 is 23.9 Å². The summed E-state index contributed by atoms with van der Waals surface area (Å²) in [6.45, 7) is 8.10. The summed E-state index contributed by atoms with van der Waals surface area (Å²) < 4.78 is 17.6. The van der Waals surface area contributed by atoms with E-state index >= 15 is 0 Å². The van der Waals surface area contributed by atoms with Gasteiger partial charge in [0.25, 0.3) is 0 Å². The number of carbonyl (C=O) groups is 1. The number of halogens is 1. The molecule has 0 spiro atoms. The number of alkyl carbamates (subject to hydrolysis) is 1. The summed E-state index contributed by atoms with van der Waals surface area (Å²) in [4.78, 5) is 12.3. The first-order valence-corrected chi connectivity index (χ1v) is 10.4. The minimum absolute atomic E-state index is 0.0288. The van der Waals surface area contributed by atoms with Gasteiger partial charge in [-0.1, -0.05) is 60.1 Å². The summed E-state index contributed by atoms with van der Waals surface area (Å²) in [7, 11) is -0.696. The van der Waals surface area contributed by atoms with Crippen molar-refractivity contribution in [3.05, 3.63) is 70.2 Å². The summed E-state index contributed by atoms with van der Waals surface area (Å²) in [5.74, 6) is -0.0288. The Bertz CT molecular complexity index is 946. The molecule has 6 nitrogen and oxygen atoms in total. The molecule has 2 N–H and O–H groups in total. The van der Waals surface area contributed by atoms with Crippen LogP contribution in [0.3, 0.4) is 0 Å². The summed E-state index contributed by atoms with van der Waals surface area (Å²) in [5, 5.41) is 12.9. The number of aromatic hydroxyl groups is 1. The Hall–Kier alpha value is -2.48. The summed E-state index contributed by atoms with van der Waals surface area (Å²) in [6.07, 6.45) is 1.19. The van der Waals surface area contributed by atoms with Crippen molar-refractivity contribution >= 4 is 30.9 Å². The van der Waals surface area contributed by atoms with Gasteiger partial charge in [0.1, 0.15) is 12.4 Å². The molecule has 0 aliphatic carbocycles. The highest BCUT2D eigenvalue weighted by molar-refractivity contribution is 6.56. The van der Waals surface area contributed by atoms with Crippen LogP contribution in [0, 0.1) is 0 Å². The van der Waals surface area contributed by atoms with Gasteiger partial charge in [-0.15, -0.1) is 0 Å². The van der Waals surface area contributed by atoms with Crippen LogP contribution in [0.4, 0.5) is 4.79 Å². The van der Waals surface area contributed by atoms with Crippen molar-refractivity contribution in [1.82, 2.24) is 5.32 Å². The summed E-state index contributed by atoms with van der Waals surface area (Å²) >= 11 is 6.25. The molecule has 164 valence electrons. The summed E-state index contributed by atoms with van der Waals surface area (Å²) in [6, 6.07) is 14.4. The number of hydrogen-bond acceptors (Lipinski definition) is 5.